The first-order valence-corrected chi connectivity index (χ1v) is 4.55. The SMILES string of the molecule is Cc1nccc(OC2COCC2N)n1. The summed E-state index contributed by atoms with van der Waals surface area (Å²) >= 11 is 0. The van der Waals surface area contributed by atoms with Crippen LogP contribution in [0.15, 0.2) is 12.3 Å². The molecule has 1 aromatic rings. The van der Waals surface area contributed by atoms with Gasteiger partial charge < -0.3 is 15.2 Å². The van der Waals surface area contributed by atoms with E-state index in [1.54, 1.807) is 12.3 Å². The summed E-state index contributed by atoms with van der Waals surface area (Å²) in [5.41, 5.74) is 5.77. The third-order valence-electron chi connectivity index (χ3n) is 2.09. The molecule has 2 atom stereocenters. The maximum atomic E-state index is 5.77. The molecule has 0 aliphatic carbocycles. The molecule has 0 radical (unpaired) electrons. The van der Waals surface area contributed by atoms with Crippen molar-refractivity contribution in [2.45, 2.75) is 19.1 Å². The van der Waals surface area contributed by atoms with Crippen LogP contribution in [0.3, 0.4) is 0 Å². The van der Waals surface area contributed by atoms with Crippen molar-refractivity contribution in [2.24, 2.45) is 5.73 Å². The van der Waals surface area contributed by atoms with Crippen molar-refractivity contribution in [2.75, 3.05) is 13.2 Å². The van der Waals surface area contributed by atoms with Crippen molar-refractivity contribution in [3.8, 4) is 5.88 Å². The minimum Gasteiger partial charge on any atom is -0.470 e. The molecule has 2 rings (SSSR count). The van der Waals surface area contributed by atoms with E-state index in [2.05, 4.69) is 9.97 Å². The number of ether oxygens (including phenoxy) is 2. The monoisotopic (exact) mass is 195 g/mol. The Morgan fingerprint density at radius 1 is 1.57 bits per heavy atom. The molecule has 1 fully saturated rings. The maximum Gasteiger partial charge on any atom is 0.216 e. The van der Waals surface area contributed by atoms with Crippen molar-refractivity contribution in [3.05, 3.63) is 18.1 Å². The molecule has 0 spiro atoms. The van der Waals surface area contributed by atoms with E-state index < -0.39 is 0 Å². The number of hydrogen-bond donors (Lipinski definition) is 1. The third kappa shape index (κ3) is 2.00. The summed E-state index contributed by atoms with van der Waals surface area (Å²) in [7, 11) is 0. The Morgan fingerprint density at radius 3 is 3.07 bits per heavy atom. The highest BCUT2D eigenvalue weighted by atomic mass is 16.6. The van der Waals surface area contributed by atoms with E-state index in [1.165, 1.54) is 0 Å². The van der Waals surface area contributed by atoms with Gasteiger partial charge in [0.2, 0.25) is 5.88 Å². The number of aryl methyl sites for hydroxylation is 1. The third-order valence-corrected chi connectivity index (χ3v) is 2.09. The van der Waals surface area contributed by atoms with Crippen molar-refractivity contribution in [1.29, 1.82) is 0 Å². The molecule has 0 amide bonds. The number of rotatable bonds is 2. The highest BCUT2D eigenvalue weighted by Gasteiger charge is 2.26. The van der Waals surface area contributed by atoms with Gasteiger partial charge in [-0.1, -0.05) is 0 Å². The van der Waals surface area contributed by atoms with Crippen LogP contribution >= 0.6 is 0 Å². The van der Waals surface area contributed by atoms with Crippen molar-refractivity contribution >= 4 is 0 Å². The van der Waals surface area contributed by atoms with Gasteiger partial charge in [-0.2, -0.15) is 4.98 Å². The Labute approximate surface area is 82.3 Å². The Kier molecular flexibility index (Phi) is 2.60. The standard InChI is InChI=1S/C9H13N3O2/c1-6-11-3-2-9(12-6)14-8-5-13-4-7(8)10/h2-3,7-8H,4-5,10H2,1H3. The van der Waals surface area contributed by atoms with Gasteiger partial charge in [-0.3, -0.25) is 0 Å². The van der Waals surface area contributed by atoms with Gasteiger partial charge in [0.25, 0.3) is 0 Å². The minimum absolute atomic E-state index is 0.0646. The summed E-state index contributed by atoms with van der Waals surface area (Å²) < 4.78 is 10.7. The molecule has 14 heavy (non-hydrogen) atoms. The van der Waals surface area contributed by atoms with Crippen LogP contribution < -0.4 is 10.5 Å². The molecule has 1 aliphatic rings. The first-order chi connectivity index (χ1) is 6.75. The van der Waals surface area contributed by atoms with Crippen LogP contribution in [0.1, 0.15) is 5.82 Å². The molecule has 5 heteroatoms. The zero-order valence-electron chi connectivity index (χ0n) is 8.01. The van der Waals surface area contributed by atoms with Gasteiger partial charge in [0.15, 0.2) is 0 Å². The lowest BCUT2D eigenvalue weighted by Crippen LogP contribution is -2.37. The average molecular weight is 195 g/mol. The molecular weight excluding hydrogens is 182 g/mol. The van der Waals surface area contributed by atoms with Gasteiger partial charge in [-0.25, -0.2) is 4.98 Å². The highest BCUT2D eigenvalue weighted by Crippen LogP contribution is 2.13. The molecule has 2 N–H and O–H groups in total. The van der Waals surface area contributed by atoms with Gasteiger partial charge in [-0.15, -0.1) is 0 Å². The van der Waals surface area contributed by atoms with Crippen LogP contribution in [-0.4, -0.2) is 35.3 Å². The Bertz CT molecular complexity index is 319. The minimum atomic E-state index is -0.0932. The lowest BCUT2D eigenvalue weighted by Gasteiger charge is -2.14. The number of hydrogen-bond acceptors (Lipinski definition) is 5. The molecule has 1 aliphatic heterocycles. The molecule has 0 bridgehead atoms. The number of nitrogens with two attached hydrogens (primary N) is 1. The smallest absolute Gasteiger partial charge is 0.216 e. The summed E-state index contributed by atoms with van der Waals surface area (Å²) in [5.74, 6) is 1.25. The van der Waals surface area contributed by atoms with Crippen LogP contribution in [0.25, 0.3) is 0 Å². The Morgan fingerprint density at radius 2 is 2.43 bits per heavy atom. The second-order valence-electron chi connectivity index (χ2n) is 3.30. The molecular formula is C9H13N3O2. The van der Waals surface area contributed by atoms with Crippen LogP contribution in [-0.2, 0) is 4.74 Å². The Balaban J connectivity index is 2.03. The summed E-state index contributed by atoms with van der Waals surface area (Å²) in [6.07, 6.45) is 1.57. The van der Waals surface area contributed by atoms with Crippen molar-refractivity contribution in [3.63, 3.8) is 0 Å². The molecule has 76 valence electrons. The van der Waals surface area contributed by atoms with Crippen LogP contribution in [0.2, 0.25) is 0 Å². The lowest BCUT2D eigenvalue weighted by molar-refractivity contribution is 0.136. The summed E-state index contributed by atoms with van der Waals surface area (Å²) in [4.78, 5) is 8.11. The zero-order valence-corrected chi connectivity index (χ0v) is 8.01. The molecule has 0 aromatic carbocycles. The fourth-order valence-electron chi connectivity index (χ4n) is 1.33. The normalized spacial score (nSPS) is 26.4. The van der Waals surface area contributed by atoms with Crippen LogP contribution in [0, 0.1) is 6.92 Å². The summed E-state index contributed by atoms with van der Waals surface area (Å²) in [6, 6.07) is 1.66. The van der Waals surface area contributed by atoms with E-state index in [4.69, 9.17) is 15.2 Å². The Hall–Kier alpha value is -1.20. The van der Waals surface area contributed by atoms with Crippen LogP contribution in [0.4, 0.5) is 0 Å². The van der Waals surface area contributed by atoms with E-state index >= 15 is 0 Å². The second-order valence-corrected chi connectivity index (χ2v) is 3.30. The predicted octanol–water partition coefficient (Wildman–Crippen LogP) is -0.110. The van der Waals surface area contributed by atoms with E-state index in [1.807, 2.05) is 6.92 Å². The molecule has 2 heterocycles. The molecule has 5 nitrogen and oxygen atoms in total. The van der Waals surface area contributed by atoms with Crippen LogP contribution in [0.5, 0.6) is 5.88 Å². The van der Waals surface area contributed by atoms with E-state index in [9.17, 15) is 0 Å². The van der Waals surface area contributed by atoms with Gasteiger partial charge in [0.05, 0.1) is 19.3 Å². The molecule has 0 saturated carbocycles. The highest BCUT2D eigenvalue weighted by molar-refractivity contribution is 5.09. The number of aromatic nitrogens is 2. The van der Waals surface area contributed by atoms with Gasteiger partial charge >= 0.3 is 0 Å². The first kappa shape index (κ1) is 9.36. The number of nitrogens with zero attached hydrogens (tertiary/aromatic N) is 2. The largest absolute Gasteiger partial charge is 0.470 e. The summed E-state index contributed by atoms with van der Waals surface area (Å²) in [6.45, 7) is 2.90. The van der Waals surface area contributed by atoms with E-state index in [0.29, 0.717) is 24.9 Å². The zero-order chi connectivity index (χ0) is 9.97. The van der Waals surface area contributed by atoms with E-state index in [-0.39, 0.29) is 12.1 Å². The summed E-state index contributed by atoms with van der Waals surface area (Å²) in [5, 5.41) is 0. The molecule has 1 saturated heterocycles. The van der Waals surface area contributed by atoms with Gasteiger partial charge in [0.1, 0.15) is 11.9 Å². The van der Waals surface area contributed by atoms with Crippen molar-refractivity contribution in [1.82, 2.24) is 9.97 Å². The predicted molar refractivity (Wildman–Crippen MR) is 50.0 cm³/mol. The van der Waals surface area contributed by atoms with Gasteiger partial charge in [0, 0.05) is 12.3 Å². The average Bonchev–Trinajstić information content (AvgIpc) is 2.52. The maximum absolute atomic E-state index is 5.77. The van der Waals surface area contributed by atoms with Gasteiger partial charge in [-0.05, 0) is 6.92 Å². The fraction of sp³-hybridized carbons (Fsp3) is 0.556. The quantitative estimate of drug-likeness (QED) is 0.713. The van der Waals surface area contributed by atoms with E-state index in [0.717, 1.165) is 0 Å². The topological polar surface area (TPSA) is 70.3 Å². The van der Waals surface area contributed by atoms with Crippen molar-refractivity contribution < 1.29 is 9.47 Å². The first-order valence-electron chi connectivity index (χ1n) is 4.55. The second kappa shape index (κ2) is 3.89. The fourth-order valence-corrected chi connectivity index (χ4v) is 1.33. The molecule has 2 unspecified atom stereocenters. The lowest BCUT2D eigenvalue weighted by atomic mass is 10.2. The molecule has 1 aromatic heterocycles.